The van der Waals surface area contributed by atoms with E-state index < -0.39 is 6.04 Å². The Balaban J connectivity index is 1.53. The zero-order chi connectivity index (χ0) is 28.3. The zero-order valence-electron chi connectivity index (χ0n) is 22.8. The van der Waals surface area contributed by atoms with Crippen molar-refractivity contribution in [2.24, 2.45) is 0 Å². The predicted octanol–water partition coefficient (Wildman–Crippen LogP) is 5.92. The summed E-state index contributed by atoms with van der Waals surface area (Å²) in [5, 5.41) is 0.478. The largest absolute Gasteiger partial charge is 0.492 e. The molecule has 2 heterocycles. The van der Waals surface area contributed by atoms with Crippen LogP contribution in [0, 0.1) is 0 Å². The topological polar surface area (TPSA) is 82.9 Å². The van der Waals surface area contributed by atoms with Gasteiger partial charge in [-0.05, 0) is 61.9 Å². The van der Waals surface area contributed by atoms with E-state index in [-0.39, 0.29) is 18.3 Å². The van der Waals surface area contributed by atoms with Crippen molar-refractivity contribution in [3.8, 4) is 22.9 Å². The molecule has 1 aliphatic heterocycles. The Bertz CT molecular complexity index is 1780. The minimum Gasteiger partial charge on any atom is -0.492 e. The number of hydrogen-bond acceptors (Lipinski definition) is 6. The molecule has 206 valence electrons. The Morgan fingerprint density at radius 1 is 0.951 bits per heavy atom. The first-order valence-electron chi connectivity index (χ1n) is 13.5. The lowest BCUT2D eigenvalue weighted by Gasteiger charge is -2.31. The van der Waals surface area contributed by atoms with E-state index in [9.17, 15) is 9.59 Å². The van der Waals surface area contributed by atoms with Crippen LogP contribution in [0.1, 0.15) is 41.6 Å². The average Bonchev–Trinajstić information content (AvgIpc) is 3.49. The second-order valence-corrected chi connectivity index (χ2v) is 9.69. The summed E-state index contributed by atoms with van der Waals surface area (Å²) >= 11 is 0. The molecular formula is C33H29N3O5. The smallest absolute Gasteiger partial charge is 0.266 e. The van der Waals surface area contributed by atoms with Crippen LogP contribution in [-0.2, 0) is 6.54 Å². The number of aromatic nitrogens is 2. The second-order valence-electron chi connectivity index (χ2n) is 9.69. The van der Waals surface area contributed by atoms with Gasteiger partial charge in [-0.1, -0.05) is 54.6 Å². The number of ether oxygens (including phenoxy) is 3. The summed E-state index contributed by atoms with van der Waals surface area (Å²) in [4.78, 5) is 35.0. The summed E-state index contributed by atoms with van der Waals surface area (Å²) in [5.74, 6) is 1.87. The number of benzene rings is 4. The molecular weight excluding hydrogens is 518 g/mol. The minimum absolute atomic E-state index is 0.115. The first-order chi connectivity index (χ1) is 20.0. The highest BCUT2D eigenvalue weighted by molar-refractivity contribution is 5.95. The van der Waals surface area contributed by atoms with E-state index in [1.54, 1.807) is 33.7 Å². The Hall–Kier alpha value is -5.11. The molecule has 0 spiro atoms. The van der Waals surface area contributed by atoms with Gasteiger partial charge in [0.05, 0.1) is 29.2 Å². The van der Waals surface area contributed by atoms with Gasteiger partial charge in [-0.3, -0.25) is 14.2 Å². The summed E-state index contributed by atoms with van der Waals surface area (Å²) in [6.07, 6.45) is 0. The lowest BCUT2D eigenvalue weighted by Crippen LogP contribution is -2.37. The Kier molecular flexibility index (Phi) is 7.12. The van der Waals surface area contributed by atoms with Crippen LogP contribution in [0.5, 0.6) is 17.2 Å². The molecule has 0 saturated carbocycles. The van der Waals surface area contributed by atoms with Crippen molar-refractivity contribution in [1.82, 2.24) is 14.5 Å². The maximum absolute atomic E-state index is 14.2. The molecule has 1 aromatic heterocycles. The van der Waals surface area contributed by atoms with Crippen LogP contribution in [0.25, 0.3) is 16.6 Å². The van der Waals surface area contributed by atoms with Crippen molar-refractivity contribution in [3.63, 3.8) is 0 Å². The fourth-order valence-corrected chi connectivity index (χ4v) is 5.08. The van der Waals surface area contributed by atoms with Crippen LogP contribution < -0.4 is 19.8 Å². The van der Waals surface area contributed by atoms with Crippen LogP contribution in [-0.4, -0.2) is 33.8 Å². The lowest BCUT2D eigenvalue weighted by molar-refractivity contribution is 0.0663. The van der Waals surface area contributed by atoms with Crippen molar-refractivity contribution in [3.05, 3.63) is 124 Å². The molecule has 0 aliphatic carbocycles. The minimum atomic E-state index is -0.611. The fourth-order valence-electron chi connectivity index (χ4n) is 5.08. The number of para-hydroxylation sites is 3. The molecule has 1 amide bonds. The van der Waals surface area contributed by atoms with E-state index in [4.69, 9.17) is 19.2 Å². The lowest BCUT2D eigenvalue weighted by atomic mass is 10.1. The zero-order valence-corrected chi connectivity index (χ0v) is 22.8. The monoisotopic (exact) mass is 547 g/mol. The Morgan fingerprint density at radius 3 is 2.51 bits per heavy atom. The highest BCUT2D eigenvalue weighted by Gasteiger charge is 2.29. The van der Waals surface area contributed by atoms with Gasteiger partial charge in [-0.15, -0.1) is 0 Å². The van der Waals surface area contributed by atoms with Gasteiger partial charge in [-0.25, -0.2) is 4.98 Å². The normalized spacial score (nSPS) is 12.7. The summed E-state index contributed by atoms with van der Waals surface area (Å²) in [7, 11) is 0. The third kappa shape index (κ3) is 5.00. The molecule has 1 unspecified atom stereocenters. The van der Waals surface area contributed by atoms with Gasteiger partial charge >= 0.3 is 0 Å². The van der Waals surface area contributed by atoms with Gasteiger partial charge in [-0.2, -0.15) is 0 Å². The summed E-state index contributed by atoms with van der Waals surface area (Å²) in [5.41, 5.74) is 2.27. The maximum Gasteiger partial charge on any atom is 0.266 e. The summed E-state index contributed by atoms with van der Waals surface area (Å²) in [6.45, 7) is 4.63. The number of rotatable bonds is 8. The molecule has 8 nitrogen and oxygen atoms in total. The molecule has 1 atom stereocenters. The second kappa shape index (κ2) is 11.2. The summed E-state index contributed by atoms with van der Waals surface area (Å²) in [6, 6.07) is 28.9. The molecule has 6 rings (SSSR count). The van der Waals surface area contributed by atoms with Crippen LogP contribution >= 0.6 is 0 Å². The van der Waals surface area contributed by atoms with Crippen molar-refractivity contribution in [2.45, 2.75) is 26.4 Å². The number of carbonyl (C=O) groups excluding carboxylic acids is 1. The highest BCUT2D eigenvalue weighted by Crippen LogP contribution is 2.34. The van der Waals surface area contributed by atoms with Crippen LogP contribution in [0.15, 0.2) is 102 Å². The first-order valence-corrected chi connectivity index (χ1v) is 13.5. The number of amides is 1. The quantitative estimate of drug-likeness (QED) is 0.240. The molecule has 0 N–H and O–H groups in total. The number of hydrogen-bond donors (Lipinski definition) is 0. The molecule has 41 heavy (non-hydrogen) atoms. The van der Waals surface area contributed by atoms with E-state index in [1.165, 1.54) is 0 Å². The fraction of sp³-hybridized carbons (Fsp3) is 0.182. The maximum atomic E-state index is 14.2. The molecule has 0 fully saturated rings. The molecule has 1 aliphatic rings. The van der Waals surface area contributed by atoms with E-state index in [2.05, 4.69) is 0 Å². The Labute approximate surface area is 237 Å². The van der Waals surface area contributed by atoms with Gasteiger partial charge in [0.2, 0.25) is 6.79 Å². The van der Waals surface area contributed by atoms with E-state index >= 15 is 0 Å². The van der Waals surface area contributed by atoms with Gasteiger partial charge in [0.1, 0.15) is 11.6 Å². The highest BCUT2D eigenvalue weighted by atomic mass is 16.7. The molecule has 5 aromatic rings. The van der Waals surface area contributed by atoms with Crippen LogP contribution in [0.4, 0.5) is 0 Å². The standard InChI is InChI=1S/C33H29N3O5/c1-3-39-28-16-10-9-15-27(28)36-31(34-26-14-8-7-13-25(26)33(36)38)22(2)35(20-23-11-5-4-6-12-23)32(37)24-17-18-29-30(19-24)41-21-40-29/h4-19,22H,3,20-21H2,1-2H3. The predicted molar refractivity (Wildman–Crippen MR) is 156 cm³/mol. The molecule has 8 heteroatoms. The van der Waals surface area contributed by atoms with E-state index in [1.807, 2.05) is 86.6 Å². The van der Waals surface area contributed by atoms with E-state index in [0.717, 1.165) is 5.56 Å². The summed E-state index contributed by atoms with van der Waals surface area (Å²) < 4.78 is 18.5. The average molecular weight is 548 g/mol. The number of fused-ring (bicyclic) bond motifs is 2. The van der Waals surface area contributed by atoms with E-state index in [0.29, 0.717) is 58.4 Å². The molecule has 0 saturated heterocycles. The van der Waals surface area contributed by atoms with Gasteiger partial charge in [0.15, 0.2) is 11.5 Å². The number of nitrogens with zero attached hydrogens (tertiary/aromatic N) is 3. The van der Waals surface area contributed by atoms with Gasteiger partial charge < -0.3 is 19.1 Å². The van der Waals surface area contributed by atoms with Crippen LogP contribution in [0.2, 0.25) is 0 Å². The SMILES string of the molecule is CCOc1ccccc1-n1c(C(C)N(Cc2ccccc2)C(=O)c2ccc3c(c2)OCO3)nc2ccccc2c1=O. The van der Waals surface area contributed by atoms with Crippen LogP contribution in [0.3, 0.4) is 0 Å². The molecule has 0 bridgehead atoms. The Morgan fingerprint density at radius 2 is 1.68 bits per heavy atom. The third-order valence-corrected chi connectivity index (χ3v) is 7.12. The third-order valence-electron chi connectivity index (χ3n) is 7.12. The number of carbonyl (C=O) groups is 1. The van der Waals surface area contributed by atoms with Crippen molar-refractivity contribution < 1.29 is 19.0 Å². The molecule has 4 aromatic carbocycles. The van der Waals surface area contributed by atoms with Crippen molar-refractivity contribution in [1.29, 1.82) is 0 Å². The first kappa shape index (κ1) is 26.1. The van der Waals surface area contributed by atoms with Gasteiger partial charge in [0, 0.05) is 12.1 Å². The van der Waals surface area contributed by atoms with Gasteiger partial charge in [0.25, 0.3) is 11.5 Å². The van der Waals surface area contributed by atoms with Crippen molar-refractivity contribution in [2.75, 3.05) is 13.4 Å². The van der Waals surface area contributed by atoms with Crippen molar-refractivity contribution >= 4 is 16.8 Å². The molecule has 0 radical (unpaired) electrons.